The molecule has 33 heavy (non-hydrogen) atoms. The number of benzene rings is 2. The first-order valence-corrected chi connectivity index (χ1v) is 9.96. The van der Waals surface area contributed by atoms with Gasteiger partial charge in [-0.1, -0.05) is 41.9 Å². The molecule has 0 spiro atoms. The lowest BCUT2D eigenvalue weighted by Crippen LogP contribution is -2.15. The van der Waals surface area contributed by atoms with Crippen LogP contribution < -0.4 is 10.1 Å². The maximum atomic E-state index is 13.9. The van der Waals surface area contributed by atoms with Gasteiger partial charge in [0.1, 0.15) is 10.8 Å². The zero-order valence-corrected chi connectivity index (χ0v) is 17.6. The minimum absolute atomic E-state index is 0.0564. The summed E-state index contributed by atoms with van der Waals surface area (Å²) >= 11 is 6.15. The molecule has 0 radical (unpaired) electrons. The van der Waals surface area contributed by atoms with Crippen molar-refractivity contribution in [1.82, 2.24) is 19.6 Å². The molecule has 0 aliphatic rings. The number of hydrogen-bond donors (Lipinski definition) is 1. The van der Waals surface area contributed by atoms with Crippen molar-refractivity contribution in [3.63, 3.8) is 0 Å². The highest BCUT2D eigenvalue weighted by molar-refractivity contribution is 6.33. The van der Waals surface area contributed by atoms with E-state index in [0.29, 0.717) is 5.56 Å². The van der Waals surface area contributed by atoms with Crippen molar-refractivity contribution >= 4 is 29.0 Å². The van der Waals surface area contributed by atoms with Crippen molar-refractivity contribution in [3.05, 3.63) is 99.2 Å². The van der Waals surface area contributed by atoms with E-state index in [9.17, 15) is 19.3 Å². The van der Waals surface area contributed by atoms with Crippen LogP contribution in [0.25, 0.3) is 0 Å². The highest BCUT2D eigenvalue weighted by Gasteiger charge is 2.17. The Morgan fingerprint density at radius 1 is 1.12 bits per heavy atom. The molecule has 10 nitrogen and oxygen atoms in total. The van der Waals surface area contributed by atoms with Gasteiger partial charge in [0.05, 0.1) is 11.5 Å². The Hall–Kier alpha value is -4.25. The fourth-order valence-electron chi connectivity index (χ4n) is 2.96. The van der Waals surface area contributed by atoms with Crippen LogP contribution in [-0.4, -0.2) is 30.4 Å². The largest absolute Gasteiger partial charge is 0.464 e. The van der Waals surface area contributed by atoms with E-state index in [1.807, 2.05) is 0 Å². The van der Waals surface area contributed by atoms with Gasteiger partial charge in [0.15, 0.2) is 24.0 Å². The van der Waals surface area contributed by atoms with Crippen molar-refractivity contribution in [2.24, 2.45) is 0 Å². The van der Waals surface area contributed by atoms with Crippen LogP contribution in [0.2, 0.25) is 5.02 Å². The molecule has 0 saturated carbocycles. The molecule has 1 N–H and O–H groups in total. The lowest BCUT2D eigenvalue weighted by Gasteiger charge is -2.06. The summed E-state index contributed by atoms with van der Waals surface area (Å²) in [6.45, 7) is -0.00396. The van der Waals surface area contributed by atoms with Gasteiger partial charge < -0.3 is 10.1 Å². The van der Waals surface area contributed by atoms with Crippen LogP contribution in [0.5, 0.6) is 5.75 Å². The zero-order chi connectivity index (χ0) is 23.4. The fraction of sp³-hybridized carbons (Fsp3) is 0.0952. The molecule has 4 rings (SSSR count). The van der Waals surface area contributed by atoms with Gasteiger partial charge in [-0.25, -0.2) is 9.07 Å². The summed E-state index contributed by atoms with van der Waals surface area (Å²) < 4.78 is 22.0. The van der Waals surface area contributed by atoms with Gasteiger partial charge in [-0.15, -0.1) is 0 Å². The van der Waals surface area contributed by atoms with Crippen molar-refractivity contribution in [2.45, 2.75) is 13.3 Å². The van der Waals surface area contributed by atoms with E-state index in [1.165, 1.54) is 52.1 Å². The Morgan fingerprint density at radius 2 is 1.88 bits per heavy atom. The summed E-state index contributed by atoms with van der Waals surface area (Å²) in [6.07, 6.45) is 2.96. The van der Waals surface area contributed by atoms with E-state index < -0.39 is 10.8 Å². The van der Waals surface area contributed by atoms with Crippen LogP contribution in [0.1, 0.15) is 16.1 Å². The Bertz CT molecular complexity index is 1320. The van der Waals surface area contributed by atoms with Crippen LogP contribution in [0.3, 0.4) is 0 Å². The van der Waals surface area contributed by atoms with Crippen molar-refractivity contribution < 1.29 is 18.8 Å². The second-order valence-corrected chi connectivity index (χ2v) is 7.21. The molecule has 2 heterocycles. The number of nitro groups is 1. The topological polar surface area (TPSA) is 117 Å². The molecule has 1 amide bonds. The van der Waals surface area contributed by atoms with Gasteiger partial charge in [0.2, 0.25) is 0 Å². The summed E-state index contributed by atoms with van der Waals surface area (Å²) in [6, 6.07) is 13.7. The summed E-state index contributed by atoms with van der Waals surface area (Å²) in [5.41, 5.74) is 0.302. The lowest BCUT2D eigenvalue weighted by molar-refractivity contribution is -0.386. The van der Waals surface area contributed by atoms with Gasteiger partial charge >= 0.3 is 5.69 Å². The maximum absolute atomic E-state index is 13.9. The number of aromatic nitrogens is 4. The fourth-order valence-corrected chi connectivity index (χ4v) is 3.15. The van der Waals surface area contributed by atoms with Crippen molar-refractivity contribution in [2.75, 3.05) is 5.32 Å². The van der Waals surface area contributed by atoms with Crippen molar-refractivity contribution in [1.29, 1.82) is 0 Å². The highest BCUT2D eigenvalue weighted by atomic mass is 35.5. The normalized spacial score (nSPS) is 10.7. The van der Waals surface area contributed by atoms with Gasteiger partial charge in [-0.3, -0.25) is 19.6 Å². The van der Waals surface area contributed by atoms with E-state index >= 15 is 0 Å². The van der Waals surface area contributed by atoms with Crippen LogP contribution in [0.4, 0.5) is 15.9 Å². The van der Waals surface area contributed by atoms with Crippen LogP contribution in [0.15, 0.2) is 67.0 Å². The monoisotopic (exact) mass is 470 g/mol. The average molecular weight is 471 g/mol. The van der Waals surface area contributed by atoms with E-state index in [-0.39, 0.29) is 47.1 Å². The molecule has 0 atom stereocenters. The van der Waals surface area contributed by atoms with Gasteiger partial charge in [-0.2, -0.15) is 10.2 Å². The Balaban J connectivity index is 1.40. The predicted octanol–water partition coefficient (Wildman–Crippen LogP) is 4.12. The number of carbonyl (C=O) groups excluding carboxylic acids is 1. The second-order valence-electron chi connectivity index (χ2n) is 6.81. The molecule has 2 aromatic heterocycles. The lowest BCUT2D eigenvalue weighted by atomic mass is 10.2. The van der Waals surface area contributed by atoms with Gasteiger partial charge in [0, 0.05) is 24.0 Å². The van der Waals surface area contributed by atoms with Crippen LogP contribution in [-0.2, 0) is 13.3 Å². The number of nitro benzene ring substituents is 1. The molecule has 0 aliphatic carbocycles. The first-order chi connectivity index (χ1) is 15.9. The number of nitrogens with zero attached hydrogens (tertiary/aromatic N) is 5. The SMILES string of the molecule is O=C(Nc1nn(Cc2ccccc2F)cc1Cl)c1ccn(COc2ccccc2[N+](=O)[O-])n1. The molecule has 2 aromatic carbocycles. The number of halogens is 2. The molecular weight excluding hydrogens is 455 g/mol. The second kappa shape index (κ2) is 9.49. The number of amides is 1. The molecule has 0 bridgehead atoms. The molecule has 0 fully saturated rings. The molecule has 12 heteroatoms. The molecule has 0 unspecified atom stereocenters. The first-order valence-electron chi connectivity index (χ1n) is 9.58. The predicted molar refractivity (Wildman–Crippen MR) is 117 cm³/mol. The number of para-hydroxylation sites is 2. The van der Waals surface area contributed by atoms with E-state index in [1.54, 1.807) is 24.3 Å². The van der Waals surface area contributed by atoms with Crippen molar-refractivity contribution in [3.8, 4) is 5.75 Å². The number of nitrogens with one attached hydrogen (secondary N) is 1. The van der Waals surface area contributed by atoms with E-state index in [4.69, 9.17) is 16.3 Å². The molecule has 0 saturated heterocycles. The summed E-state index contributed by atoms with van der Waals surface area (Å²) in [5, 5.41) is 22.1. The third-order valence-corrected chi connectivity index (χ3v) is 4.80. The van der Waals surface area contributed by atoms with E-state index in [0.717, 1.165) is 0 Å². The molecular formula is C21H16ClFN6O4. The number of rotatable bonds is 8. The first kappa shape index (κ1) is 22.0. The zero-order valence-electron chi connectivity index (χ0n) is 16.9. The number of carbonyl (C=O) groups is 1. The minimum atomic E-state index is -0.572. The van der Waals surface area contributed by atoms with Crippen LogP contribution in [0, 0.1) is 15.9 Å². The van der Waals surface area contributed by atoms with Gasteiger partial charge in [-0.05, 0) is 18.2 Å². The minimum Gasteiger partial charge on any atom is -0.464 e. The smallest absolute Gasteiger partial charge is 0.311 e. The molecule has 168 valence electrons. The molecule has 0 aliphatic heterocycles. The van der Waals surface area contributed by atoms with Crippen LogP contribution >= 0.6 is 11.6 Å². The third-order valence-electron chi connectivity index (χ3n) is 4.53. The number of anilines is 1. The number of hydrogen-bond acceptors (Lipinski definition) is 6. The Labute approximate surface area is 191 Å². The summed E-state index contributed by atoms with van der Waals surface area (Å²) in [4.78, 5) is 23.0. The Kier molecular flexibility index (Phi) is 6.31. The summed E-state index contributed by atoms with van der Waals surface area (Å²) in [7, 11) is 0. The number of ether oxygens (including phenoxy) is 1. The Morgan fingerprint density at radius 3 is 2.67 bits per heavy atom. The molecule has 4 aromatic rings. The average Bonchev–Trinajstić information content (AvgIpc) is 3.41. The highest BCUT2D eigenvalue weighted by Crippen LogP contribution is 2.26. The van der Waals surface area contributed by atoms with Gasteiger partial charge in [0.25, 0.3) is 5.91 Å². The van der Waals surface area contributed by atoms with E-state index in [2.05, 4.69) is 15.5 Å². The third kappa shape index (κ3) is 5.15. The maximum Gasteiger partial charge on any atom is 0.311 e. The standard InChI is InChI=1S/C21H16ClFN6O4/c22-15-12-28(11-14-5-1-2-6-16(14)23)26-20(15)24-21(30)17-9-10-27(25-17)13-33-19-8-4-3-7-18(19)29(31)32/h1-10,12H,11,13H2,(H,24,26,30). The quantitative estimate of drug-likeness (QED) is 0.306. The summed E-state index contributed by atoms with van der Waals surface area (Å²) in [5.74, 6) is -0.763.